The van der Waals surface area contributed by atoms with Crippen molar-refractivity contribution in [2.24, 2.45) is 11.8 Å². The summed E-state index contributed by atoms with van der Waals surface area (Å²) in [5, 5.41) is 7.15. The number of anilines is 1. The first-order valence-corrected chi connectivity index (χ1v) is 10.6. The molecule has 0 saturated carbocycles. The third kappa shape index (κ3) is 5.51. The first-order chi connectivity index (χ1) is 13.8. The Bertz CT molecular complexity index is 917. The van der Waals surface area contributed by atoms with Gasteiger partial charge in [-0.3, -0.25) is 5.41 Å². The van der Waals surface area contributed by atoms with Crippen molar-refractivity contribution in [1.82, 2.24) is 24.7 Å². The van der Waals surface area contributed by atoms with Crippen LogP contribution in [0.2, 0.25) is 0 Å². The number of aromatic nitrogens is 4. The average Bonchev–Trinajstić information content (AvgIpc) is 3.31. The highest BCUT2D eigenvalue weighted by Crippen LogP contribution is 2.28. The first kappa shape index (κ1) is 21.2. The van der Waals surface area contributed by atoms with Gasteiger partial charge < -0.3 is 9.88 Å². The maximum absolute atomic E-state index is 12.4. The third-order valence-electron chi connectivity index (χ3n) is 4.82. The zero-order valence-electron chi connectivity index (χ0n) is 16.1. The molecule has 1 aliphatic heterocycles. The number of nitrogens with zero attached hydrogens (tertiary/aromatic N) is 4. The molecule has 0 radical (unpaired) electrons. The summed E-state index contributed by atoms with van der Waals surface area (Å²) >= 11 is 0. The molecule has 2 aromatic heterocycles. The summed E-state index contributed by atoms with van der Waals surface area (Å²) in [6.45, 7) is 4.49. The van der Waals surface area contributed by atoms with Gasteiger partial charge in [0.25, 0.3) is 6.43 Å². The van der Waals surface area contributed by atoms with Crippen LogP contribution < -0.4 is 9.62 Å². The summed E-state index contributed by atoms with van der Waals surface area (Å²) in [7, 11) is -1.03. The number of imidazole rings is 1. The van der Waals surface area contributed by atoms with E-state index in [1.54, 1.807) is 12.5 Å². The fraction of sp³-hybridized carbons (Fsp3) is 0.444. The molecular weight excluding hydrogens is 400 g/mol. The summed E-state index contributed by atoms with van der Waals surface area (Å²) in [5.74, 6) is 1.94. The van der Waals surface area contributed by atoms with Gasteiger partial charge in [0.2, 0.25) is 0 Å². The van der Waals surface area contributed by atoms with E-state index in [4.69, 9.17) is 5.41 Å². The zero-order valence-corrected chi connectivity index (χ0v) is 16.9. The van der Waals surface area contributed by atoms with Crippen LogP contribution in [0.15, 0.2) is 24.7 Å². The average molecular weight is 423 g/mol. The van der Waals surface area contributed by atoms with Crippen LogP contribution in [0.5, 0.6) is 0 Å². The van der Waals surface area contributed by atoms with E-state index >= 15 is 0 Å². The molecule has 29 heavy (non-hydrogen) atoms. The minimum atomic E-state index is -2.82. The lowest BCUT2D eigenvalue weighted by Crippen LogP contribution is -2.28. The van der Waals surface area contributed by atoms with E-state index in [0.717, 1.165) is 25.0 Å². The number of H-pyrrole nitrogens is 1. The maximum atomic E-state index is 12.4. The standard InChI is InChI=1S/C18H23F2N7OS/c1-11-8-27(9-12(11)6-25-29(2)28)17-5-14(23-10-24-17)15-7-22-16(26-15)4-3-13(21)18(19)20/h3-5,7,10-12,18,21,25H,6,8-9H2,1-2H3,(H,22,26)/b4-3-,21-13?. The smallest absolute Gasteiger partial charge is 0.279 e. The minimum absolute atomic E-state index is 0.360. The number of allylic oxidation sites excluding steroid dienone is 1. The highest BCUT2D eigenvalue weighted by molar-refractivity contribution is 7.82. The lowest BCUT2D eigenvalue weighted by atomic mass is 9.99. The summed E-state index contributed by atoms with van der Waals surface area (Å²) in [6, 6.07) is 1.85. The lowest BCUT2D eigenvalue weighted by molar-refractivity contribution is 0.226. The molecule has 3 unspecified atom stereocenters. The van der Waals surface area contributed by atoms with Gasteiger partial charge in [0.15, 0.2) is 0 Å². The molecule has 1 saturated heterocycles. The normalized spacial score (nSPS) is 20.7. The number of alkyl halides is 2. The van der Waals surface area contributed by atoms with Crippen molar-refractivity contribution in [3.8, 4) is 11.4 Å². The van der Waals surface area contributed by atoms with Gasteiger partial charge in [-0.2, -0.15) is 0 Å². The Morgan fingerprint density at radius 3 is 2.97 bits per heavy atom. The molecule has 156 valence electrons. The summed E-state index contributed by atoms with van der Waals surface area (Å²) in [4.78, 5) is 17.9. The van der Waals surface area contributed by atoms with Crippen LogP contribution in [0.25, 0.3) is 17.5 Å². The van der Waals surface area contributed by atoms with Gasteiger partial charge in [0.05, 0.1) is 34.3 Å². The molecule has 1 aliphatic rings. The van der Waals surface area contributed by atoms with Crippen molar-refractivity contribution < 1.29 is 13.0 Å². The van der Waals surface area contributed by atoms with Crippen LogP contribution >= 0.6 is 0 Å². The second-order valence-corrected chi connectivity index (χ2v) is 8.17. The first-order valence-electron chi connectivity index (χ1n) is 9.07. The molecule has 11 heteroatoms. The number of hydrogen-bond acceptors (Lipinski definition) is 6. The van der Waals surface area contributed by atoms with Crippen molar-refractivity contribution in [3.63, 3.8) is 0 Å². The Labute approximate surface area is 170 Å². The van der Waals surface area contributed by atoms with Crippen LogP contribution in [-0.4, -0.2) is 62.2 Å². The van der Waals surface area contributed by atoms with E-state index in [2.05, 4.69) is 36.5 Å². The largest absolute Gasteiger partial charge is 0.356 e. The number of halogens is 2. The fourth-order valence-corrected chi connectivity index (χ4v) is 3.62. The van der Waals surface area contributed by atoms with Gasteiger partial charge in [-0.15, -0.1) is 0 Å². The quantitative estimate of drug-likeness (QED) is 0.564. The second-order valence-electron chi connectivity index (χ2n) is 6.98. The minimum Gasteiger partial charge on any atom is -0.356 e. The molecular formula is C18H23F2N7OS. The summed E-state index contributed by atoms with van der Waals surface area (Å²) in [5.41, 5.74) is 0.491. The Balaban J connectivity index is 1.70. The molecule has 0 spiro atoms. The predicted octanol–water partition coefficient (Wildman–Crippen LogP) is 2.12. The Kier molecular flexibility index (Phi) is 6.80. The number of nitrogens with one attached hydrogen (secondary N) is 3. The van der Waals surface area contributed by atoms with Crippen LogP contribution in [0.4, 0.5) is 14.6 Å². The van der Waals surface area contributed by atoms with E-state index in [-0.39, 0.29) is 0 Å². The topological polar surface area (TPSA) is 111 Å². The van der Waals surface area contributed by atoms with Crippen molar-refractivity contribution in [3.05, 3.63) is 30.5 Å². The van der Waals surface area contributed by atoms with Gasteiger partial charge in [0, 0.05) is 32.0 Å². The molecule has 3 atom stereocenters. The number of aromatic amines is 1. The molecule has 0 aromatic carbocycles. The molecule has 0 aliphatic carbocycles. The van der Waals surface area contributed by atoms with Crippen molar-refractivity contribution >= 4 is 28.6 Å². The zero-order chi connectivity index (χ0) is 21.0. The van der Waals surface area contributed by atoms with Gasteiger partial charge >= 0.3 is 0 Å². The SMILES string of the molecule is CC1CN(c2cc(-c3cnc(/C=C\C(=N)C(F)F)[nH]3)ncn2)CC1CNS(C)=O. The van der Waals surface area contributed by atoms with E-state index in [1.165, 1.54) is 12.4 Å². The molecule has 8 nitrogen and oxygen atoms in total. The highest BCUT2D eigenvalue weighted by atomic mass is 32.2. The molecule has 3 N–H and O–H groups in total. The van der Waals surface area contributed by atoms with Crippen LogP contribution in [0.1, 0.15) is 12.7 Å². The summed E-state index contributed by atoms with van der Waals surface area (Å²) in [6.07, 6.45) is 4.19. The van der Waals surface area contributed by atoms with Gasteiger partial charge in [-0.25, -0.2) is 32.7 Å². The fourth-order valence-electron chi connectivity index (χ4n) is 3.17. The molecule has 3 rings (SSSR count). The Morgan fingerprint density at radius 2 is 2.24 bits per heavy atom. The highest BCUT2D eigenvalue weighted by Gasteiger charge is 2.30. The predicted molar refractivity (Wildman–Crippen MR) is 109 cm³/mol. The number of hydrogen-bond donors (Lipinski definition) is 3. The number of rotatable bonds is 8. The Hall–Kier alpha value is -2.53. The molecule has 0 bridgehead atoms. The third-order valence-corrected chi connectivity index (χ3v) is 5.39. The second kappa shape index (κ2) is 9.31. The van der Waals surface area contributed by atoms with Crippen molar-refractivity contribution in [1.29, 1.82) is 5.41 Å². The maximum Gasteiger partial charge on any atom is 0.279 e. The van der Waals surface area contributed by atoms with Gasteiger partial charge in [-0.05, 0) is 24.0 Å². The van der Waals surface area contributed by atoms with E-state index in [0.29, 0.717) is 35.6 Å². The van der Waals surface area contributed by atoms with Gasteiger partial charge in [0.1, 0.15) is 18.0 Å². The van der Waals surface area contributed by atoms with Crippen molar-refractivity contribution in [2.75, 3.05) is 30.8 Å². The molecule has 2 aromatic rings. The van der Waals surface area contributed by atoms with Crippen LogP contribution in [0, 0.1) is 17.2 Å². The lowest BCUT2D eigenvalue weighted by Gasteiger charge is -2.17. The molecule has 3 heterocycles. The monoisotopic (exact) mass is 423 g/mol. The Morgan fingerprint density at radius 1 is 1.45 bits per heavy atom. The molecule has 1 fully saturated rings. The van der Waals surface area contributed by atoms with E-state index in [9.17, 15) is 13.0 Å². The summed E-state index contributed by atoms with van der Waals surface area (Å²) < 4.78 is 39.0. The van der Waals surface area contributed by atoms with Crippen LogP contribution in [-0.2, 0) is 11.0 Å². The molecule has 0 amide bonds. The van der Waals surface area contributed by atoms with Crippen molar-refractivity contribution in [2.45, 2.75) is 13.3 Å². The van der Waals surface area contributed by atoms with Crippen LogP contribution in [0.3, 0.4) is 0 Å². The van der Waals surface area contributed by atoms with E-state index < -0.39 is 23.1 Å². The van der Waals surface area contributed by atoms with Gasteiger partial charge in [-0.1, -0.05) is 6.92 Å². The van der Waals surface area contributed by atoms with E-state index in [1.807, 2.05) is 6.07 Å².